The summed E-state index contributed by atoms with van der Waals surface area (Å²) in [5.41, 5.74) is 1.02. The molecule has 2 fully saturated rings. The Labute approximate surface area is 60.3 Å². The van der Waals surface area contributed by atoms with Crippen LogP contribution in [-0.2, 0) is 0 Å². The van der Waals surface area contributed by atoms with Crippen LogP contribution in [0.1, 0.15) is 12.8 Å². The van der Waals surface area contributed by atoms with Crippen molar-refractivity contribution in [3.8, 4) is 0 Å². The zero-order valence-corrected chi connectivity index (χ0v) is 5.95. The monoisotopic (exact) mass is 140 g/mol. The van der Waals surface area contributed by atoms with Crippen molar-refractivity contribution >= 4 is 5.71 Å². The zero-order valence-electron chi connectivity index (χ0n) is 5.95. The van der Waals surface area contributed by atoms with Crippen LogP contribution in [0.4, 0.5) is 0 Å². The lowest BCUT2D eigenvalue weighted by Gasteiger charge is -2.22. The molecule has 2 aliphatic rings. The van der Waals surface area contributed by atoms with Crippen LogP contribution in [0.3, 0.4) is 0 Å². The van der Waals surface area contributed by atoms with Crippen LogP contribution in [0.5, 0.6) is 0 Å². The smallest absolute Gasteiger partial charge is 0.0627 e. The van der Waals surface area contributed by atoms with Gasteiger partial charge in [0.05, 0.1) is 5.71 Å². The molecular weight excluding hydrogens is 128 g/mol. The van der Waals surface area contributed by atoms with Gasteiger partial charge in [-0.3, -0.25) is 0 Å². The maximum Gasteiger partial charge on any atom is 0.0627 e. The van der Waals surface area contributed by atoms with Gasteiger partial charge in [0.2, 0.25) is 0 Å². The molecule has 2 aliphatic heterocycles. The van der Waals surface area contributed by atoms with E-state index < -0.39 is 0 Å². The van der Waals surface area contributed by atoms with Crippen LogP contribution >= 0.6 is 0 Å². The van der Waals surface area contributed by atoms with Gasteiger partial charge >= 0.3 is 0 Å². The highest BCUT2D eigenvalue weighted by Crippen LogP contribution is 2.24. The summed E-state index contributed by atoms with van der Waals surface area (Å²) in [5, 5.41) is 11.9. The first-order valence-electron chi connectivity index (χ1n) is 3.83. The lowest BCUT2D eigenvalue weighted by Crippen LogP contribution is -2.32. The van der Waals surface area contributed by atoms with Gasteiger partial charge in [-0.15, -0.1) is 0 Å². The van der Waals surface area contributed by atoms with E-state index in [1.807, 2.05) is 0 Å². The molecule has 2 heterocycles. The first-order valence-corrected chi connectivity index (χ1v) is 3.83. The molecule has 3 heteroatoms. The summed E-state index contributed by atoms with van der Waals surface area (Å²) in [7, 11) is 0. The van der Waals surface area contributed by atoms with Crippen LogP contribution in [-0.4, -0.2) is 35.5 Å². The summed E-state index contributed by atoms with van der Waals surface area (Å²) in [6.45, 7) is 3.42. The van der Waals surface area contributed by atoms with Gasteiger partial charge in [-0.05, 0) is 13.0 Å². The molecule has 1 N–H and O–H groups in total. The van der Waals surface area contributed by atoms with Gasteiger partial charge in [0.1, 0.15) is 0 Å². The minimum atomic E-state index is 0.568. The number of rotatable bonds is 0. The van der Waals surface area contributed by atoms with E-state index in [2.05, 4.69) is 10.1 Å². The average molecular weight is 140 g/mol. The first-order chi connectivity index (χ1) is 4.90. The molecule has 0 aromatic carbocycles. The molecular formula is C7H12N2O. The standard InChI is InChI=1S/C7H12N2O/c10-8-7-2-4-9-3-1-6(7)5-9/h6,10H,1-5H2/b8-7-/t6-/m1/s1. The molecule has 2 saturated heterocycles. The van der Waals surface area contributed by atoms with Crippen LogP contribution < -0.4 is 0 Å². The normalized spacial score (nSPS) is 42.6. The van der Waals surface area contributed by atoms with Crippen LogP contribution in [0.15, 0.2) is 5.16 Å². The third kappa shape index (κ3) is 0.814. The van der Waals surface area contributed by atoms with Gasteiger partial charge in [-0.2, -0.15) is 0 Å². The van der Waals surface area contributed by atoms with E-state index in [4.69, 9.17) is 5.21 Å². The van der Waals surface area contributed by atoms with E-state index in [0.717, 1.165) is 25.2 Å². The Morgan fingerprint density at radius 1 is 1.50 bits per heavy atom. The summed E-state index contributed by atoms with van der Waals surface area (Å²) < 4.78 is 0. The van der Waals surface area contributed by atoms with Crippen molar-refractivity contribution in [2.45, 2.75) is 12.8 Å². The van der Waals surface area contributed by atoms with Crippen molar-refractivity contribution < 1.29 is 5.21 Å². The Morgan fingerprint density at radius 3 is 3.20 bits per heavy atom. The second kappa shape index (κ2) is 2.23. The summed E-state index contributed by atoms with van der Waals surface area (Å²) >= 11 is 0. The predicted molar refractivity (Wildman–Crippen MR) is 38.4 cm³/mol. The van der Waals surface area contributed by atoms with Crippen molar-refractivity contribution in [2.24, 2.45) is 11.1 Å². The summed E-state index contributed by atoms with van der Waals surface area (Å²) in [6, 6.07) is 0. The Hall–Kier alpha value is -0.570. The minimum Gasteiger partial charge on any atom is -0.411 e. The number of piperidine rings is 1. The second-order valence-corrected chi connectivity index (χ2v) is 3.13. The van der Waals surface area contributed by atoms with E-state index in [-0.39, 0.29) is 0 Å². The molecule has 1 unspecified atom stereocenters. The summed E-state index contributed by atoms with van der Waals surface area (Å²) in [5.74, 6) is 0.568. The molecule has 56 valence electrons. The lowest BCUT2D eigenvalue weighted by molar-refractivity contribution is 0.295. The van der Waals surface area contributed by atoms with Gasteiger partial charge in [0, 0.05) is 25.4 Å². The molecule has 10 heavy (non-hydrogen) atoms. The number of fused-ring (bicyclic) bond motifs is 2. The van der Waals surface area contributed by atoms with E-state index in [9.17, 15) is 0 Å². The minimum absolute atomic E-state index is 0.568. The molecule has 0 saturated carbocycles. The lowest BCUT2D eigenvalue weighted by atomic mass is 9.98. The summed E-state index contributed by atoms with van der Waals surface area (Å²) in [6.07, 6.45) is 2.17. The Morgan fingerprint density at radius 2 is 2.40 bits per heavy atom. The zero-order chi connectivity index (χ0) is 6.97. The number of oxime groups is 1. The van der Waals surface area contributed by atoms with Crippen molar-refractivity contribution in [1.82, 2.24) is 4.90 Å². The Kier molecular flexibility index (Phi) is 1.38. The highest BCUT2D eigenvalue weighted by Gasteiger charge is 2.31. The summed E-state index contributed by atoms with van der Waals surface area (Å²) in [4.78, 5) is 2.43. The van der Waals surface area contributed by atoms with E-state index in [1.165, 1.54) is 13.0 Å². The van der Waals surface area contributed by atoms with Crippen LogP contribution in [0, 0.1) is 5.92 Å². The third-order valence-corrected chi connectivity index (χ3v) is 2.56. The Bertz CT molecular complexity index is 167. The maximum atomic E-state index is 8.58. The largest absolute Gasteiger partial charge is 0.411 e. The molecule has 3 nitrogen and oxygen atoms in total. The SMILES string of the molecule is O/N=C1/CCN2CC[C@@H]1C2. The molecule has 2 atom stereocenters. The predicted octanol–water partition coefficient (Wildman–Crippen LogP) is 0.542. The number of nitrogens with zero attached hydrogens (tertiary/aromatic N) is 2. The van der Waals surface area contributed by atoms with Gasteiger partial charge in [-0.25, -0.2) is 0 Å². The highest BCUT2D eigenvalue weighted by atomic mass is 16.4. The van der Waals surface area contributed by atoms with Crippen molar-refractivity contribution in [3.63, 3.8) is 0 Å². The highest BCUT2D eigenvalue weighted by molar-refractivity contribution is 5.87. The van der Waals surface area contributed by atoms with E-state index in [0.29, 0.717) is 5.92 Å². The quantitative estimate of drug-likeness (QED) is 0.394. The number of hydrogen-bond acceptors (Lipinski definition) is 3. The Balaban J connectivity index is 2.14. The van der Waals surface area contributed by atoms with Gasteiger partial charge in [0.15, 0.2) is 0 Å². The number of hydrogen-bond donors (Lipinski definition) is 1. The van der Waals surface area contributed by atoms with Crippen molar-refractivity contribution in [2.75, 3.05) is 19.6 Å². The van der Waals surface area contributed by atoms with E-state index in [1.54, 1.807) is 0 Å². The van der Waals surface area contributed by atoms with Crippen molar-refractivity contribution in [3.05, 3.63) is 0 Å². The third-order valence-electron chi connectivity index (χ3n) is 2.56. The molecule has 0 radical (unpaired) electrons. The molecule has 0 aromatic heterocycles. The molecule has 2 bridgehead atoms. The molecule has 0 aromatic rings. The van der Waals surface area contributed by atoms with Crippen LogP contribution in [0.2, 0.25) is 0 Å². The molecule has 0 amide bonds. The van der Waals surface area contributed by atoms with E-state index >= 15 is 0 Å². The second-order valence-electron chi connectivity index (χ2n) is 3.13. The topological polar surface area (TPSA) is 35.8 Å². The fraction of sp³-hybridized carbons (Fsp3) is 0.857. The van der Waals surface area contributed by atoms with Gasteiger partial charge in [0.25, 0.3) is 0 Å². The average Bonchev–Trinajstić information content (AvgIpc) is 2.34. The van der Waals surface area contributed by atoms with Gasteiger partial charge in [-0.1, -0.05) is 5.16 Å². The van der Waals surface area contributed by atoms with Crippen molar-refractivity contribution in [1.29, 1.82) is 0 Å². The fourth-order valence-corrected chi connectivity index (χ4v) is 1.92. The van der Waals surface area contributed by atoms with Gasteiger partial charge < -0.3 is 10.1 Å². The first kappa shape index (κ1) is 6.16. The molecule has 0 aliphatic carbocycles. The molecule has 2 rings (SSSR count). The molecule has 0 spiro atoms. The fourth-order valence-electron chi connectivity index (χ4n) is 1.92. The maximum absolute atomic E-state index is 8.58. The van der Waals surface area contributed by atoms with Crippen LogP contribution in [0.25, 0.3) is 0 Å².